The zero-order chi connectivity index (χ0) is 17.3. The topological polar surface area (TPSA) is 59.3 Å². The van der Waals surface area contributed by atoms with E-state index in [1.807, 2.05) is 0 Å². The van der Waals surface area contributed by atoms with E-state index in [0.717, 1.165) is 0 Å². The Morgan fingerprint density at radius 2 is 1.96 bits per heavy atom. The maximum atomic E-state index is 12.4. The van der Waals surface area contributed by atoms with Gasteiger partial charge in [0.25, 0.3) is 0 Å². The summed E-state index contributed by atoms with van der Waals surface area (Å²) in [5.41, 5.74) is 1.05. The van der Waals surface area contributed by atoms with Crippen LogP contribution in [-0.4, -0.2) is 25.8 Å². The highest BCUT2D eigenvalue weighted by molar-refractivity contribution is 8.00. The monoisotopic (exact) mass is 400 g/mol. The average molecular weight is 402 g/mol. The minimum absolute atomic E-state index is 0.196. The first-order chi connectivity index (χ1) is 11.5. The van der Waals surface area contributed by atoms with Crippen molar-refractivity contribution in [1.29, 1.82) is 0 Å². The summed E-state index contributed by atoms with van der Waals surface area (Å²) in [6.07, 6.45) is 1.66. The van der Waals surface area contributed by atoms with Crippen LogP contribution in [0.2, 0.25) is 15.1 Å². The van der Waals surface area contributed by atoms with Crippen LogP contribution in [0.5, 0.6) is 0 Å². The molecule has 3 aromatic rings. The Hall–Kier alpha value is -1.47. The van der Waals surface area contributed by atoms with Crippen molar-refractivity contribution in [2.75, 3.05) is 5.32 Å². The highest BCUT2D eigenvalue weighted by Gasteiger charge is 2.19. The van der Waals surface area contributed by atoms with E-state index < -0.39 is 5.25 Å². The summed E-state index contributed by atoms with van der Waals surface area (Å²) in [5, 5.41) is 12.3. The zero-order valence-corrected chi connectivity index (χ0v) is 15.4. The summed E-state index contributed by atoms with van der Waals surface area (Å²) in [6.45, 7) is 1.77. The molecule has 124 valence electrons. The Balaban J connectivity index is 1.78. The van der Waals surface area contributed by atoms with E-state index in [1.54, 1.807) is 47.9 Å². The highest BCUT2D eigenvalue weighted by Crippen LogP contribution is 2.28. The minimum atomic E-state index is -0.425. The minimum Gasteiger partial charge on any atom is -0.324 e. The quantitative estimate of drug-likeness (QED) is 0.637. The molecule has 0 bridgehead atoms. The lowest BCUT2D eigenvalue weighted by atomic mass is 10.3. The van der Waals surface area contributed by atoms with Crippen LogP contribution in [-0.2, 0) is 4.79 Å². The van der Waals surface area contributed by atoms with Crippen molar-refractivity contribution in [3.8, 4) is 0 Å². The molecule has 2 heterocycles. The van der Waals surface area contributed by atoms with Gasteiger partial charge in [-0.2, -0.15) is 0 Å². The van der Waals surface area contributed by atoms with Crippen LogP contribution in [0.15, 0.2) is 41.7 Å². The normalized spacial score (nSPS) is 12.3. The number of nitrogens with one attached hydrogen (secondary N) is 1. The van der Waals surface area contributed by atoms with E-state index in [-0.39, 0.29) is 5.91 Å². The van der Waals surface area contributed by atoms with E-state index in [1.165, 1.54) is 11.8 Å². The molecular formula is C15H11Cl3N4OS. The standard InChI is InChI=1S/C15H11Cl3N4OS/c1-8(14(23)19-12-5-3-2-4-10(12)17)24-15-21-20-13-11(18)6-9(16)7-22(13)15/h2-8H,1H3,(H,19,23)/t8-/m1/s1. The number of rotatable bonds is 4. The van der Waals surface area contributed by atoms with Gasteiger partial charge in [0.05, 0.1) is 26.0 Å². The molecule has 1 aromatic carbocycles. The fourth-order valence-corrected chi connectivity index (χ4v) is 3.51. The highest BCUT2D eigenvalue weighted by atomic mass is 35.5. The Bertz CT molecular complexity index is 915. The number of halogens is 3. The maximum Gasteiger partial charge on any atom is 0.237 e. The van der Waals surface area contributed by atoms with E-state index >= 15 is 0 Å². The van der Waals surface area contributed by atoms with E-state index in [9.17, 15) is 4.79 Å². The first-order valence-corrected chi connectivity index (χ1v) is 8.89. The molecule has 2 aromatic heterocycles. The number of nitrogens with zero attached hydrogens (tertiary/aromatic N) is 3. The first-order valence-electron chi connectivity index (χ1n) is 6.87. The Labute approximate surface area is 157 Å². The van der Waals surface area contributed by atoms with Crippen molar-refractivity contribution in [2.45, 2.75) is 17.3 Å². The molecule has 0 aliphatic heterocycles. The summed E-state index contributed by atoms with van der Waals surface area (Å²) < 4.78 is 1.66. The maximum absolute atomic E-state index is 12.4. The number of thioether (sulfide) groups is 1. The van der Waals surface area contributed by atoms with Gasteiger partial charge in [0, 0.05) is 6.20 Å². The molecule has 0 unspecified atom stereocenters. The smallest absolute Gasteiger partial charge is 0.237 e. The third-order valence-corrected chi connectivity index (χ3v) is 5.05. The van der Waals surface area contributed by atoms with Crippen LogP contribution >= 0.6 is 46.6 Å². The SMILES string of the molecule is C[C@@H](Sc1nnc2c(Cl)cc(Cl)cn12)C(=O)Nc1ccccc1Cl. The van der Waals surface area contributed by atoms with Gasteiger partial charge in [-0.05, 0) is 25.1 Å². The number of carbonyl (C=O) groups excluding carboxylic acids is 1. The summed E-state index contributed by atoms with van der Waals surface area (Å²) in [7, 11) is 0. The van der Waals surface area contributed by atoms with Gasteiger partial charge in [0.2, 0.25) is 5.91 Å². The molecule has 0 aliphatic rings. The number of aromatic nitrogens is 3. The van der Waals surface area contributed by atoms with Crippen molar-refractivity contribution >= 4 is 63.8 Å². The lowest BCUT2D eigenvalue weighted by Gasteiger charge is -2.12. The molecule has 0 spiro atoms. The molecule has 5 nitrogen and oxygen atoms in total. The van der Waals surface area contributed by atoms with Crippen LogP contribution < -0.4 is 5.32 Å². The van der Waals surface area contributed by atoms with E-state index in [2.05, 4.69) is 15.5 Å². The summed E-state index contributed by atoms with van der Waals surface area (Å²) in [6, 6.07) is 8.64. The molecule has 0 saturated carbocycles. The second-order valence-electron chi connectivity index (χ2n) is 4.91. The molecule has 3 rings (SSSR count). The zero-order valence-electron chi connectivity index (χ0n) is 12.3. The largest absolute Gasteiger partial charge is 0.324 e. The Kier molecular flexibility index (Phi) is 5.20. The van der Waals surface area contributed by atoms with Gasteiger partial charge in [0.15, 0.2) is 10.8 Å². The van der Waals surface area contributed by atoms with Gasteiger partial charge in [-0.3, -0.25) is 9.20 Å². The number of para-hydroxylation sites is 1. The third-order valence-electron chi connectivity index (χ3n) is 3.18. The van der Waals surface area contributed by atoms with Crippen molar-refractivity contribution in [3.63, 3.8) is 0 Å². The van der Waals surface area contributed by atoms with Gasteiger partial charge in [-0.15, -0.1) is 10.2 Å². The van der Waals surface area contributed by atoms with Crippen LogP contribution in [0, 0.1) is 0 Å². The van der Waals surface area contributed by atoms with Crippen LogP contribution in [0.1, 0.15) is 6.92 Å². The van der Waals surface area contributed by atoms with Gasteiger partial charge < -0.3 is 5.32 Å². The number of anilines is 1. The molecule has 0 saturated heterocycles. The molecule has 1 N–H and O–H groups in total. The van der Waals surface area contributed by atoms with E-state index in [0.29, 0.717) is 31.6 Å². The van der Waals surface area contributed by atoms with Gasteiger partial charge in [-0.25, -0.2) is 0 Å². The van der Waals surface area contributed by atoms with Crippen LogP contribution in [0.25, 0.3) is 5.65 Å². The third kappa shape index (κ3) is 3.62. The van der Waals surface area contributed by atoms with Gasteiger partial charge in [-0.1, -0.05) is 58.7 Å². The van der Waals surface area contributed by atoms with Crippen LogP contribution in [0.3, 0.4) is 0 Å². The number of carbonyl (C=O) groups is 1. The molecule has 0 fully saturated rings. The fourth-order valence-electron chi connectivity index (χ4n) is 1.99. The lowest BCUT2D eigenvalue weighted by Crippen LogP contribution is -2.22. The van der Waals surface area contributed by atoms with Crippen molar-refractivity contribution in [3.05, 3.63) is 51.6 Å². The molecule has 0 radical (unpaired) electrons. The van der Waals surface area contributed by atoms with Crippen LogP contribution in [0.4, 0.5) is 5.69 Å². The molecular weight excluding hydrogens is 391 g/mol. The molecule has 9 heteroatoms. The summed E-state index contributed by atoms with van der Waals surface area (Å²) in [5.74, 6) is -0.196. The average Bonchev–Trinajstić information content (AvgIpc) is 2.92. The summed E-state index contributed by atoms with van der Waals surface area (Å²) >= 11 is 19.4. The molecule has 0 aliphatic carbocycles. The second-order valence-corrected chi connectivity index (χ2v) is 7.47. The number of amides is 1. The lowest BCUT2D eigenvalue weighted by molar-refractivity contribution is -0.115. The number of benzene rings is 1. The Morgan fingerprint density at radius 1 is 1.21 bits per heavy atom. The van der Waals surface area contributed by atoms with Gasteiger partial charge in [0.1, 0.15) is 0 Å². The molecule has 1 atom stereocenters. The van der Waals surface area contributed by atoms with Crippen molar-refractivity contribution < 1.29 is 4.79 Å². The predicted octanol–water partition coefficient (Wildman–Crippen LogP) is 4.81. The fraction of sp³-hybridized carbons (Fsp3) is 0.133. The van der Waals surface area contributed by atoms with E-state index in [4.69, 9.17) is 34.8 Å². The van der Waals surface area contributed by atoms with Crippen molar-refractivity contribution in [1.82, 2.24) is 14.6 Å². The number of pyridine rings is 1. The predicted molar refractivity (Wildman–Crippen MR) is 98.4 cm³/mol. The summed E-state index contributed by atoms with van der Waals surface area (Å²) in [4.78, 5) is 12.4. The van der Waals surface area contributed by atoms with Crippen molar-refractivity contribution in [2.24, 2.45) is 0 Å². The second kappa shape index (κ2) is 7.19. The number of hydrogen-bond acceptors (Lipinski definition) is 4. The first kappa shape index (κ1) is 17.4. The number of fused-ring (bicyclic) bond motifs is 1. The Morgan fingerprint density at radius 3 is 2.71 bits per heavy atom. The molecule has 24 heavy (non-hydrogen) atoms. The molecule has 1 amide bonds. The van der Waals surface area contributed by atoms with Gasteiger partial charge >= 0.3 is 0 Å². The number of hydrogen-bond donors (Lipinski definition) is 1.